The molecule has 0 radical (unpaired) electrons. The molecule has 0 bridgehead atoms. The first kappa shape index (κ1) is 21.1. The van der Waals surface area contributed by atoms with Crippen LogP contribution < -0.4 is 5.32 Å². The highest BCUT2D eigenvalue weighted by molar-refractivity contribution is 6.28. The second-order valence-corrected chi connectivity index (χ2v) is 7.60. The highest BCUT2D eigenvalue weighted by atomic mass is 35.5. The highest BCUT2D eigenvalue weighted by Crippen LogP contribution is 2.32. The van der Waals surface area contributed by atoms with Crippen LogP contribution in [-0.2, 0) is 12.7 Å². The lowest BCUT2D eigenvalue weighted by Crippen LogP contribution is -2.06. The number of hydrogen-bond donors (Lipinski definition) is 1. The lowest BCUT2D eigenvalue weighted by atomic mass is 10.1. The molecule has 4 aromatic rings. The minimum atomic E-state index is -4.50. The maximum atomic E-state index is 13.2. The van der Waals surface area contributed by atoms with Gasteiger partial charge >= 0.3 is 6.18 Å². The first-order chi connectivity index (χ1) is 14.7. The second kappa shape index (κ2) is 7.84. The summed E-state index contributed by atoms with van der Waals surface area (Å²) < 4.78 is 42.8. The third kappa shape index (κ3) is 4.07. The van der Waals surface area contributed by atoms with Crippen molar-refractivity contribution in [1.82, 2.24) is 29.1 Å². The van der Waals surface area contributed by atoms with Crippen LogP contribution in [0.15, 0.2) is 36.7 Å². The number of anilines is 1. The Labute approximate surface area is 180 Å². The number of rotatable bonds is 5. The molecule has 0 aliphatic carbocycles. The van der Waals surface area contributed by atoms with E-state index in [-0.39, 0.29) is 17.1 Å². The Bertz CT molecular complexity index is 1230. The Balaban J connectivity index is 1.68. The molecule has 0 saturated carbocycles. The molecule has 0 amide bonds. The lowest BCUT2D eigenvalue weighted by molar-refractivity contribution is -0.140. The van der Waals surface area contributed by atoms with Crippen LogP contribution in [0.25, 0.3) is 22.6 Å². The zero-order chi connectivity index (χ0) is 22.3. The van der Waals surface area contributed by atoms with Crippen molar-refractivity contribution < 1.29 is 13.2 Å². The van der Waals surface area contributed by atoms with Crippen molar-refractivity contribution in [3.8, 4) is 11.4 Å². The molecule has 0 aliphatic heterocycles. The van der Waals surface area contributed by atoms with Gasteiger partial charge in [-0.15, -0.1) is 0 Å². The molecule has 0 atom stereocenters. The average molecular weight is 450 g/mol. The van der Waals surface area contributed by atoms with E-state index in [9.17, 15) is 13.2 Å². The SMILES string of the molecule is CNc1nc2cnc(Cl)nc2n1Cc1ccc(-c2nc(C(F)(F)F)cn2C(C)C)cc1. The smallest absolute Gasteiger partial charge is 0.359 e. The molecule has 0 unspecified atom stereocenters. The van der Waals surface area contributed by atoms with Gasteiger partial charge in [-0.1, -0.05) is 24.3 Å². The standard InChI is InChI=1S/C20H19ClF3N7/c1-11(2)30-10-15(20(22,23)24)28-16(30)13-6-4-12(5-7-13)9-31-17-14(27-19(31)25-3)8-26-18(21)29-17/h4-8,10-11H,9H2,1-3H3,(H,25,27). The van der Waals surface area contributed by atoms with Crippen molar-refractivity contribution in [3.05, 3.63) is 53.2 Å². The Morgan fingerprint density at radius 1 is 1.10 bits per heavy atom. The maximum absolute atomic E-state index is 13.2. The van der Waals surface area contributed by atoms with E-state index in [2.05, 4.69) is 25.3 Å². The molecular formula is C20H19ClF3N7. The predicted molar refractivity (Wildman–Crippen MR) is 112 cm³/mol. The zero-order valence-electron chi connectivity index (χ0n) is 16.9. The number of imidazole rings is 2. The maximum Gasteiger partial charge on any atom is 0.434 e. The number of aromatic nitrogens is 6. The molecule has 11 heteroatoms. The van der Waals surface area contributed by atoms with Gasteiger partial charge in [-0.2, -0.15) is 18.2 Å². The van der Waals surface area contributed by atoms with Crippen LogP contribution in [0.3, 0.4) is 0 Å². The second-order valence-electron chi connectivity index (χ2n) is 7.26. The summed E-state index contributed by atoms with van der Waals surface area (Å²) in [6.07, 6.45) is -1.90. The molecular weight excluding hydrogens is 431 g/mol. The minimum Gasteiger partial charge on any atom is -0.359 e. The summed E-state index contributed by atoms with van der Waals surface area (Å²) in [6, 6.07) is 7.04. The van der Waals surface area contributed by atoms with E-state index < -0.39 is 11.9 Å². The topological polar surface area (TPSA) is 73.5 Å². The zero-order valence-corrected chi connectivity index (χ0v) is 17.7. The van der Waals surface area contributed by atoms with E-state index in [1.54, 1.807) is 25.4 Å². The number of alkyl halides is 3. The Morgan fingerprint density at radius 2 is 1.81 bits per heavy atom. The third-order valence-electron chi connectivity index (χ3n) is 4.81. The van der Waals surface area contributed by atoms with Gasteiger partial charge in [-0.25, -0.2) is 15.0 Å². The molecule has 162 valence electrons. The summed E-state index contributed by atoms with van der Waals surface area (Å²) in [4.78, 5) is 16.5. The highest BCUT2D eigenvalue weighted by Gasteiger charge is 2.35. The van der Waals surface area contributed by atoms with Crippen LogP contribution in [-0.4, -0.2) is 36.1 Å². The van der Waals surface area contributed by atoms with Gasteiger partial charge in [-0.05, 0) is 31.0 Å². The van der Waals surface area contributed by atoms with Crippen molar-refractivity contribution in [2.45, 2.75) is 32.6 Å². The molecule has 0 saturated heterocycles. The number of nitrogens with one attached hydrogen (secondary N) is 1. The number of nitrogens with zero attached hydrogens (tertiary/aromatic N) is 6. The molecule has 7 nitrogen and oxygen atoms in total. The van der Waals surface area contributed by atoms with Gasteiger partial charge in [0, 0.05) is 24.8 Å². The molecule has 3 heterocycles. The van der Waals surface area contributed by atoms with E-state index in [0.717, 1.165) is 11.8 Å². The number of fused-ring (bicyclic) bond motifs is 1. The summed E-state index contributed by atoms with van der Waals surface area (Å²) in [5.41, 5.74) is 1.79. The molecule has 3 aromatic heterocycles. The van der Waals surface area contributed by atoms with Gasteiger partial charge in [-0.3, -0.25) is 4.57 Å². The first-order valence-electron chi connectivity index (χ1n) is 9.49. The fourth-order valence-electron chi connectivity index (χ4n) is 3.32. The molecule has 31 heavy (non-hydrogen) atoms. The average Bonchev–Trinajstić information content (AvgIpc) is 3.31. The molecule has 0 aliphatic rings. The third-order valence-corrected chi connectivity index (χ3v) is 5.00. The van der Waals surface area contributed by atoms with Crippen LogP contribution >= 0.6 is 11.6 Å². The van der Waals surface area contributed by atoms with Crippen LogP contribution in [0.2, 0.25) is 5.28 Å². The normalized spacial score (nSPS) is 12.1. The minimum absolute atomic E-state index is 0.118. The van der Waals surface area contributed by atoms with Gasteiger partial charge in [0.15, 0.2) is 11.3 Å². The van der Waals surface area contributed by atoms with Crippen molar-refractivity contribution in [1.29, 1.82) is 0 Å². The van der Waals surface area contributed by atoms with E-state index in [4.69, 9.17) is 11.6 Å². The summed E-state index contributed by atoms with van der Waals surface area (Å²) in [5, 5.41) is 3.14. The fourth-order valence-corrected chi connectivity index (χ4v) is 3.45. The monoisotopic (exact) mass is 449 g/mol. The van der Waals surface area contributed by atoms with Gasteiger partial charge < -0.3 is 9.88 Å². The van der Waals surface area contributed by atoms with Crippen molar-refractivity contribution in [3.63, 3.8) is 0 Å². The Hall–Kier alpha value is -3.14. The summed E-state index contributed by atoms with van der Waals surface area (Å²) >= 11 is 5.94. The predicted octanol–water partition coefficient (Wildman–Crippen LogP) is 5.03. The number of hydrogen-bond acceptors (Lipinski definition) is 5. The van der Waals surface area contributed by atoms with E-state index >= 15 is 0 Å². The van der Waals surface area contributed by atoms with E-state index in [1.807, 2.05) is 30.5 Å². The number of halogens is 4. The van der Waals surface area contributed by atoms with Crippen molar-refractivity contribution in [2.75, 3.05) is 12.4 Å². The summed E-state index contributed by atoms with van der Waals surface area (Å²) in [6.45, 7) is 4.07. The fraction of sp³-hybridized carbons (Fsp3) is 0.300. The Kier molecular flexibility index (Phi) is 5.34. The quantitative estimate of drug-likeness (QED) is 0.432. The van der Waals surface area contributed by atoms with Crippen molar-refractivity contribution >= 4 is 28.7 Å². The lowest BCUT2D eigenvalue weighted by Gasteiger charge is -2.12. The molecule has 1 aromatic carbocycles. The van der Waals surface area contributed by atoms with Crippen LogP contribution in [0.5, 0.6) is 0 Å². The van der Waals surface area contributed by atoms with Gasteiger partial charge in [0.1, 0.15) is 11.3 Å². The van der Waals surface area contributed by atoms with Gasteiger partial charge in [0.05, 0.1) is 12.7 Å². The molecule has 4 rings (SSSR count). The first-order valence-corrected chi connectivity index (χ1v) is 9.87. The summed E-state index contributed by atoms with van der Waals surface area (Å²) in [7, 11) is 1.75. The van der Waals surface area contributed by atoms with E-state index in [1.165, 1.54) is 4.57 Å². The van der Waals surface area contributed by atoms with Crippen molar-refractivity contribution in [2.24, 2.45) is 0 Å². The largest absolute Gasteiger partial charge is 0.434 e. The Morgan fingerprint density at radius 3 is 2.42 bits per heavy atom. The summed E-state index contributed by atoms with van der Waals surface area (Å²) in [5.74, 6) is 0.873. The van der Waals surface area contributed by atoms with Crippen LogP contribution in [0, 0.1) is 0 Å². The van der Waals surface area contributed by atoms with Gasteiger partial charge in [0.2, 0.25) is 11.2 Å². The van der Waals surface area contributed by atoms with Crippen LogP contribution in [0.1, 0.15) is 31.1 Å². The van der Waals surface area contributed by atoms with Gasteiger partial charge in [0.25, 0.3) is 0 Å². The molecule has 0 fully saturated rings. The van der Waals surface area contributed by atoms with Crippen LogP contribution in [0.4, 0.5) is 19.1 Å². The number of benzene rings is 1. The molecule has 0 spiro atoms. The van der Waals surface area contributed by atoms with E-state index in [0.29, 0.717) is 29.2 Å². The molecule has 1 N–H and O–H groups in total.